The molecule has 0 unspecified atom stereocenters. The molecular formula is C26H19N3. The number of para-hydroxylation sites is 1. The highest BCUT2D eigenvalue weighted by molar-refractivity contribution is 6.13. The lowest BCUT2D eigenvalue weighted by molar-refractivity contribution is 1.02. The lowest BCUT2D eigenvalue weighted by Gasteiger charge is -2.12. The Bertz CT molecular complexity index is 1440. The number of benzene rings is 3. The van der Waals surface area contributed by atoms with Crippen molar-refractivity contribution in [1.29, 1.82) is 0 Å². The van der Waals surface area contributed by atoms with Crippen LogP contribution in [0.3, 0.4) is 0 Å². The Balaban J connectivity index is 1.73. The molecule has 0 spiro atoms. The second-order valence-corrected chi connectivity index (χ2v) is 7.47. The highest BCUT2D eigenvalue weighted by Crippen LogP contribution is 2.34. The van der Waals surface area contributed by atoms with Gasteiger partial charge in [0.15, 0.2) is 11.5 Å². The largest absolute Gasteiger partial charge is 0.274 e. The van der Waals surface area contributed by atoms with Crippen molar-refractivity contribution >= 4 is 32.9 Å². The smallest absolute Gasteiger partial charge is 0.169 e. The number of hydrogen-bond donors (Lipinski definition) is 0. The first-order chi connectivity index (χ1) is 14.4. The van der Waals surface area contributed by atoms with E-state index < -0.39 is 0 Å². The van der Waals surface area contributed by atoms with Crippen molar-refractivity contribution in [1.82, 2.24) is 14.6 Å². The van der Waals surface area contributed by atoms with E-state index in [0.717, 1.165) is 40.8 Å². The summed E-state index contributed by atoms with van der Waals surface area (Å²) in [6.07, 6.45) is 8.77. The number of nitrogens with zero attached hydrogens (tertiary/aromatic N) is 3. The van der Waals surface area contributed by atoms with Crippen molar-refractivity contribution in [2.24, 2.45) is 0 Å². The molecule has 0 N–H and O–H groups in total. The monoisotopic (exact) mass is 373 g/mol. The van der Waals surface area contributed by atoms with Gasteiger partial charge in [-0.1, -0.05) is 78.9 Å². The molecule has 3 nitrogen and oxygen atoms in total. The lowest BCUT2D eigenvalue weighted by atomic mass is 9.99. The van der Waals surface area contributed by atoms with Gasteiger partial charge in [0.25, 0.3) is 0 Å². The maximum Gasteiger partial charge on any atom is 0.169 e. The van der Waals surface area contributed by atoms with Gasteiger partial charge >= 0.3 is 0 Å². The zero-order chi connectivity index (χ0) is 19.2. The molecule has 1 aliphatic carbocycles. The van der Waals surface area contributed by atoms with Gasteiger partial charge in [-0.2, -0.15) is 0 Å². The topological polar surface area (TPSA) is 30.2 Å². The molecule has 138 valence electrons. The predicted octanol–water partition coefficient (Wildman–Crippen LogP) is 6.44. The van der Waals surface area contributed by atoms with E-state index in [1.54, 1.807) is 0 Å². The SMILES string of the molecule is C1=CC(c2nnc3c4cc(-c5ccccc5)ccc4c4ccccc4n23)=CCC1. The van der Waals surface area contributed by atoms with Gasteiger partial charge in [-0.25, -0.2) is 0 Å². The molecule has 0 aliphatic heterocycles. The second kappa shape index (κ2) is 6.42. The predicted molar refractivity (Wildman–Crippen MR) is 120 cm³/mol. The van der Waals surface area contributed by atoms with Crippen LogP contribution in [0.15, 0.2) is 91.0 Å². The first-order valence-corrected chi connectivity index (χ1v) is 10.0. The summed E-state index contributed by atoms with van der Waals surface area (Å²) in [7, 11) is 0. The third kappa shape index (κ3) is 2.51. The summed E-state index contributed by atoms with van der Waals surface area (Å²) in [4.78, 5) is 0. The van der Waals surface area contributed by atoms with Crippen LogP contribution in [0.4, 0.5) is 0 Å². The zero-order valence-corrected chi connectivity index (χ0v) is 15.9. The molecule has 0 radical (unpaired) electrons. The van der Waals surface area contributed by atoms with E-state index in [0.29, 0.717) is 0 Å². The summed E-state index contributed by atoms with van der Waals surface area (Å²) in [5.74, 6) is 0.916. The molecule has 2 aromatic heterocycles. The molecular weight excluding hydrogens is 354 g/mol. The van der Waals surface area contributed by atoms with Crippen LogP contribution in [0, 0.1) is 0 Å². The minimum atomic E-state index is 0.909. The molecule has 0 fully saturated rings. The summed E-state index contributed by atoms with van der Waals surface area (Å²) < 4.78 is 2.22. The van der Waals surface area contributed by atoms with Gasteiger partial charge in [0.1, 0.15) is 0 Å². The molecule has 0 bridgehead atoms. The first-order valence-electron chi connectivity index (χ1n) is 10.0. The maximum atomic E-state index is 4.65. The molecule has 6 rings (SSSR count). The Morgan fingerprint density at radius 3 is 2.41 bits per heavy atom. The molecule has 0 amide bonds. The number of fused-ring (bicyclic) bond motifs is 6. The van der Waals surface area contributed by atoms with Gasteiger partial charge in [0.2, 0.25) is 0 Å². The minimum Gasteiger partial charge on any atom is -0.274 e. The molecule has 3 aromatic carbocycles. The maximum absolute atomic E-state index is 4.65. The third-order valence-electron chi connectivity index (χ3n) is 5.72. The van der Waals surface area contributed by atoms with Crippen LogP contribution in [0.5, 0.6) is 0 Å². The fraction of sp³-hybridized carbons (Fsp3) is 0.0769. The first kappa shape index (κ1) is 16.3. The van der Waals surface area contributed by atoms with Crippen molar-refractivity contribution in [3.63, 3.8) is 0 Å². The number of hydrogen-bond acceptors (Lipinski definition) is 2. The molecule has 1 aliphatic rings. The van der Waals surface area contributed by atoms with E-state index >= 15 is 0 Å². The van der Waals surface area contributed by atoms with Crippen LogP contribution in [0.25, 0.3) is 44.0 Å². The number of allylic oxidation sites excluding steroid dienone is 4. The van der Waals surface area contributed by atoms with E-state index in [9.17, 15) is 0 Å². The van der Waals surface area contributed by atoms with E-state index in [1.165, 1.54) is 21.9 Å². The zero-order valence-electron chi connectivity index (χ0n) is 15.9. The summed E-state index contributed by atoms with van der Waals surface area (Å²) in [6.45, 7) is 0. The van der Waals surface area contributed by atoms with Crippen LogP contribution in [0.2, 0.25) is 0 Å². The third-order valence-corrected chi connectivity index (χ3v) is 5.72. The standard InChI is InChI=1S/C26H19N3/c1-3-9-18(10-4-1)20-15-16-21-22-13-7-8-14-24(22)29-25(19-11-5-2-6-12-19)27-28-26(29)23(21)17-20/h1,3-5,7-17H,2,6H2. The second-order valence-electron chi connectivity index (χ2n) is 7.47. The van der Waals surface area contributed by atoms with Crippen LogP contribution >= 0.6 is 0 Å². The van der Waals surface area contributed by atoms with Crippen molar-refractivity contribution in [2.75, 3.05) is 0 Å². The summed E-state index contributed by atoms with van der Waals surface area (Å²) >= 11 is 0. The van der Waals surface area contributed by atoms with Gasteiger partial charge in [-0.3, -0.25) is 4.40 Å². The van der Waals surface area contributed by atoms with Crippen molar-refractivity contribution in [2.45, 2.75) is 12.8 Å². The molecule has 29 heavy (non-hydrogen) atoms. The van der Waals surface area contributed by atoms with Crippen LogP contribution in [-0.2, 0) is 0 Å². The van der Waals surface area contributed by atoms with Gasteiger partial charge in [0, 0.05) is 16.3 Å². The van der Waals surface area contributed by atoms with Gasteiger partial charge < -0.3 is 0 Å². The number of aromatic nitrogens is 3. The average Bonchev–Trinajstić information content (AvgIpc) is 3.26. The molecule has 0 saturated carbocycles. The lowest BCUT2D eigenvalue weighted by Crippen LogP contribution is -1.97. The molecule has 0 atom stereocenters. The molecule has 2 heterocycles. The van der Waals surface area contributed by atoms with E-state index in [-0.39, 0.29) is 0 Å². The summed E-state index contributed by atoms with van der Waals surface area (Å²) in [6, 6.07) is 25.7. The Morgan fingerprint density at radius 2 is 1.55 bits per heavy atom. The molecule has 0 saturated heterocycles. The van der Waals surface area contributed by atoms with E-state index in [2.05, 4.69) is 99.6 Å². The van der Waals surface area contributed by atoms with Gasteiger partial charge in [-0.05, 0) is 41.5 Å². The number of pyridine rings is 1. The Kier molecular flexibility index (Phi) is 3.60. The van der Waals surface area contributed by atoms with E-state index in [4.69, 9.17) is 0 Å². The van der Waals surface area contributed by atoms with Crippen LogP contribution in [0.1, 0.15) is 18.7 Å². The fourth-order valence-electron chi connectivity index (χ4n) is 4.32. The Hall–Kier alpha value is -3.72. The Morgan fingerprint density at radius 1 is 0.690 bits per heavy atom. The van der Waals surface area contributed by atoms with Crippen molar-refractivity contribution < 1.29 is 0 Å². The normalized spacial score (nSPS) is 14.0. The number of rotatable bonds is 2. The molecule has 3 heteroatoms. The van der Waals surface area contributed by atoms with Gasteiger partial charge in [0.05, 0.1) is 5.52 Å². The van der Waals surface area contributed by atoms with Crippen LogP contribution < -0.4 is 0 Å². The summed E-state index contributed by atoms with van der Waals surface area (Å²) in [5.41, 5.74) is 5.59. The fourth-order valence-corrected chi connectivity index (χ4v) is 4.32. The quantitative estimate of drug-likeness (QED) is 0.334. The highest BCUT2D eigenvalue weighted by atomic mass is 15.2. The van der Waals surface area contributed by atoms with Crippen molar-refractivity contribution in [3.8, 4) is 11.1 Å². The van der Waals surface area contributed by atoms with Crippen LogP contribution in [-0.4, -0.2) is 14.6 Å². The molecule has 5 aromatic rings. The highest BCUT2D eigenvalue weighted by Gasteiger charge is 2.17. The van der Waals surface area contributed by atoms with Crippen molar-refractivity contribution in [3.05, 3.63) is 96.8 Å². The Labute approximate surface area is 168 Å². The summed E-state index contributed by atoms with van der Waals surface area (Å²) in [5, 5.41) is 12.8. The van der Waals surface area contributed by atoms with Gasteiger partial charge in [-0.15, -0.1) is 10.2 Å². The minimum absolute atomic E-state index is 0.909. The van der Waals surface area contributed by atoms with E-state index in [1.807, 2.05) is 6.07 Å². The average molecular weight is 373 g/mol.